The Morgan fingerprint density at radius 3 is 2.43 bits per heavy atom. The molecule has 0 spiro atoms. The van der Waals surface area contributed by atoms with Crippen molar-refractivity contribution in [3.63, 3.8) is 0 Å². The molecule has 2 N–H and O–H groups in total. The molecule has 0 atom stereocenters. The monoisotopic (exact) mass is 323 g/mol. The molecule has 0 aromatic heterocycles. The highest BCUT2D eigenvalue weighted by Gasteiger charge is 2.16. The molecule has 0 radical (unpaired) electrons. The highest BCUT2D eigenvalue weighted by Crippen LogP contribution is 2.24. The van der Waals surface area contributed by atoms with E-state index in [0.29, 0.717) is 6.61 Å². The lowest BCUT2D eigenvalue weighted by Crippen LogP contribution is -2.16. The van der Waals surface area contributed by atoms with Crippen molar-refractivity contribution in [3.05, 3.63) is 35.5 Å². The number of methoxy groups -OCH3 is 2. The fourth-order valence-electron chi connectivity index (χ4n) is 1.64. The third kappa shape index (κ3) is 5.03. The molecule has 0 amide bonds. The Kier molecular flexibility index (Phi) is 6.60. The van der Waals surface area contributed by atoms with Crippen molar-refractivity contribution in [2.24, 2.45) is 0 Å². The van der Waals surface area contributed by atoms with Crippen LogP contribution < -0.4 is 10.1 Å². The van der Waals surface area contributed by atoms with Gasteiger partial charge in [-0.05, 0) is 25.1 Å². The zero-order valence-electron chi connectivity index (χ0n) is 12.9. The number of carboxylic acid groups (broad SMARTS) is 1. The van der Waals surface area contributed by atoms with Crippen LogP contribution in [0.15, 0.2) is 30.0 Å². The molecular weight excluding hydrogens is 306 g/mol. The number of benzene rings is 1. The minimum absolute atomic E-state index is 0.0841. The summed E-state index contributed by atoms with van der Waals surface area (Å²) in [5.74, 6) is -2.56. The van der Waals surface area contributed by atoms with E-state index in [9.17, 15) is 19.5 Å². The third-order valence-electron chi connectivity index (χ3n) is 2.66. The number of carbonyl (C=O) groups excluding carboxylic acids is 2. The van der Waals surface area contributed by atoms with Gasteiger partial charge in [-0.2, -0.15) is 0 Å². The smallest absolute Gasteiger partial charge is 0.354 e. The number of carbonyl (C=O) groups is 3. The number of hydrogen-bond donors (Lipinski definition) is 2. The Hall–Kier alpha value is -3.03. The van der Waals surface area contributed by atoms with Crippen molar-refractivity contribution in [2.75, 3.05) is 26.1 Å². The molecule has 23 heavy (non-hydrogen) atoms. The highest BCUT2D eigenvalue weighted by molar-refractivity contribution is 5.99. The second-order valence-electron chi connectivity index (χ2n) is 4.15. The molecule has 0 bridgehead atoms. The number of aromatic carboxylic acids is 1. The molecule has 124 valence electrons. The van der Waals surface area contributed by atoms with E-state index in [2.05, 4.69) is 14.8 Å². The van der Waals surface area contributed by atoms with Gasteiger partial charge in [0.15, 0.2) is 0 Å². The third-order valence-corrected chi connectivity index (χ3v) is 2.66. The summed E-state index contributed by atoms with van der Waals surface area (Å²) >= 11 is 0. The molecule has 8 heteroatoms. The molecule has 0 aliphatic carbocycles. The van der Waals surface area contributed by atoms with Crippen LogP contribution in [0.4, 0.5) is 5.69 Å². The lowest BCUT2D eigenvalue weighted by Gasteiger charge is -2.12. The number of hydrogen-bond acceptors (Lipinski definition) is 7. The summed E-state index contributed by atoms with van der Waals surface area (Å²) in [4.78, 5) is 34.2. The van der Waals surface area contributed by atoms with E-state index in [1.165, 1.54) is 18.2 Å². The van der Waals surface area contributed by atoms with E-state index < -0.39 is 17.9 Å². The largest absolute Gasteiger partial charge is 0.493 e. The molecule has 1 aromatic carbocycles. The van der Waals surface area contributed by atoms with E-state index >= 15 is 0 Å². The molecule has 1 rings (SSSR count). The minimum atomic E-state index is -1.19. The number of esters is 2. The first-order valence-electron chi connectivity index (χ1n) is 6.58. The number of nitrogens with one attached hydrogen (secondary N) is 1. The van der Waals surface area contributed by atoms with E-state index in [1.54, 1.807) is 6.92 Å². The summed E-state index contributed by atoms with van der Waals surface area (Å²) < 4.78 is 14.2. The first-order chi connectivity index (χ1) is 10.9. The Morgan fingerprint density at radius 2 is 1.91 bits per heavy atom. The maximum atomic E-state index is 11.7. The molecule has 0 heterocycles. The Balaban J connectivity index is 3.16. The van der Waals surface area contributed by atoms with Gasteiger partial charge in [0.1, 0.15) is 17.0 Å². The molecule has 0 saturated heterocycles. The zero-order valence-corrected chi connectivity index (χ0v) is 12.9. The molecule has 0 fully saturated rings. The van der Waals surface area contributed by atoms with Crippen LogP contribution in [-0.4, -0.2) is 43.8 Å². The first-order valence-corrected chi connectivity index (χ1v) is 6.58. The Bertz CT molecular complexity index is 637. The van der Waals surface area contributed by atoms with Crippen molar-refractivity contribution in [2.45, 2.75) is 6.92 Å². The van der Waals surface area contributed by atoms with Gasteiger partial charge in [0.05, 0.1) is 26.9 Å². The molecule has 1 aromatic rings. The van der Waals surface area contributed by atoms with E-state index in [4.69, 9.17) is 4.74 Å². The van der Waals surface area contributed by atoms with Crippen LogP contribution in [0.5, 0.6) is 5.75 Å². The predicted octanol–water partition coefficient (Wildman–Crippen LogP) is 1.43. The van der Waals surface area contributed by atoms with Crippen LogP contribution in [0, 0.1) is 0 Å². The van der Waals surface area contributed by atoms with Crippen molar-refractivity contribution in [3.8, 4) is 5.75 Å². The van der Waals surface area contributed by atoms with E-state index in [-0.39, 0.29) is 22.7 Å². The predicted molar refractivity (Wildman–Crippen MR) is 80.3 cm³/mol. The molecule has 0 saturated carbocycles. The Morgan fingerprint density at radius 1 is 1.22 bits per heavy atom. The van der Waals surface area contributed by atoms with Crippen molar-refractivity contribution >= 4 is 23.6 Å². The van der Waals surface area contributed by atoms with Gasteiger partial charge in [0, 0.05) is 5.69 Å². The maximum absolute atomic E-state index is 11.7. The molecule has 0 aliphatic rings. The van der Waals surface area contributed by atoms with Gasteiger partial charge < -0.3 is 24.6 Å². The molecular formula is C15H17NO7. The van der Waals surface area contributed by atoms with Crippen molar-refractivity contribution < 1.29 is 33.7 Å². The fourth-order valence-corrected chi connectivity index (χ4v) is 1.64. The topological polar surface area (TPSA) is 111 Å². The fraction of sp³-hybridized carbons (Fsp3) is 0.267. The van der Waals surface area contributed by atoms with Gasteiger partial charge in [-0.25, -0.2) is 14.4 Å². The van der Waals surface area contributed by atoms with Crippen LogP contribution in [0.2, 0.25) is 0 Å². The molecule has 8 nitrogen and oxygen atoms in total. The highest BCUT2D eigenvalue weighted by atomic mass is 16.5. The quantitative estimate of drug-likeness (QED) is 0.572. The summed E-state index contributed by atoms with van der Waals surface area (Å²) in [7, 11) is 2.31. The summed E-state index contributed by atoms with van der Waals surface area (Å²) in [5.41, 5.74) is -0.00890. The van der Waals surface area contributed by atoms with Gasteiger partial charge in [-0.15, -0.1) is 0 Å². The van der Waals surface area contributed by atoms with E-state index in [0.717, 1.165) is 20.3 Å². The summed E-state index contributed by atoms with van der Waals surface area (Å²) in [5, 5.41) is 11.8. The number of ether oxygens (including phenoxy) is 3. The van der Waals surface area contributed by atoms with Crippen molar-refractivity contribution in [1.29, 1.82) is 0 Å². The SMILES string of the molecule is CCOc1ccc(N/C(=C/C(=O)OC)C(=O)OC)cc1C(=O)O. The van der Waals surface area contributed by atoms with Crippen LogP contribution in [0.25, 0.3) is 0 Å². The number of rotatable bonds is 7. The van der Waals surface area contributed by atoms with Crippen LogP contribution in [0.1, 0.15) is 17.3 Å². The molecule has 0 aliphatic heterocycles. The summed E-state index contributed by atoms with van der Waals surface area (Å²) in [6.45, 7) is 2.04. The normalized spacial score (nSPS) is 10.7. The lowest BCUT2D eigenvalue weighted by atomic mass is 10.1. The average molecular weight is 323 g/mol. The van der Waals surface area contributed by atoms with Crippen LogP contribution >= 0.6 is 0 Å². The summed E-state index contributed by atoms with van der Waals surface area (Å²) in [6.07, 6.45) is 0.905. The Labute approximate surface area is 132 Å². The van der Waals surface area contributed by atoms with Gasteiger partial charge in [-0.3, -0.25) is 0 Å². The van der Waals surface area contributed by atoms with Gasteiger partial charge in [-0.1, -0.05) is 0 Å². The molecule has 0 unspecified atom stereocenters. The van der Waals surface area contributed by atoms with Gasteiger partial charge in [0.25, 0.3) is 0 Å². The van der Waals surface area contributed by atoms with E-state index in [1.807, 2.05) is 0 Å². The van der Waals surface area contributed by atoms with Crippen molar-refractivity contribution in [1.82, 2.24) is 0 Å². The number of anilines is 1. The van der Waals surface area contributed by atoms with Gasteiger partial charge >= 0.3 is 17.9 Å². The van der Waals surface area contributed by atoms with Crippen LogP contribution in [0.3, 0.4) is 0 Å². The maximum Gasteiger partial charge on any atom is 0.354 e. The number of carboxylic acids is 1. The van der Waals surface area contributed by atoms with Gasteiger partial charge in [0.2, 0.25) is 0 Å². The van der Waals surface area contributed by atoms with Crippen LogP contribution in [-0.2, 0) is 19.1 Å². The lowest BCUT2D eigenvalue weighted by molar-refractivity contribution is -0.138. The minimum Gasteiger partial charge on any atom is -0.493 e. The summed E-state index contributed by atoms with van der Waals surface area (Å²) in [6, 6.07) is 4.23. The standard InChI is InChI=1S/C15H17NO7/c1-4-23-12-6-5-9(7-10(12)14(18)19)16-11(15(20)22-3)8-13(17)21-2/h5-8,16H,4H2,1-3H3,(H,18,19)/b11-8+. The first kappa shape index (κ1) is 18.0. The average Bonchev–Trinajstić information content (AvgIpc) is 2.54. The zero-order chi connectivity index (χ0) is 17.4. The second kappa shape index (κ2) is 8.42. The second-order valence-corrected chi connectivity index (χ2v) is 4.15.